The zero-order valence-electron chi connectivity index (χ0n) is 9.34. The molecule has 0 saturated carbocycles. The number of benzene rings is 1. The van der Waals surface area contributed by atoms with Crippen LogP contribution in [-0.2, 0) is 0 Å². The number of hydrogen-bond acceptors (Lipinski definition) is 6. The van der Waals surface area contributed by atoms with E-state index in [2.05, 4.69) is 26.2 Å². The van der Waals surface area contributed by atoms with Gasteiger partial charge in [-0.05, 0) is 5.56 Å². The van der Waals surface area contributed by atoms with Crippen LogP contribution in [0.2, 0.25) is 5.15 Å². The summed E-state index contributed by atoms with van der Waals surface area (Å²) in [5.74, 6) is 5.71. The molecule has 0 aliphatic carbocycles. The summed E-state index contributed by atoms with van der Waals surface area (Å²) in [6.45, 7) is 0. The minimum atomic E-state index is 0.204. The van der Waals surface area contributed by atoms with E-state index in [0.717, 1.165) is 5.56 Å². The van der Waals surface area contributed by atoms with Crippen LogP contribution in [0.1, 0.15) is 5.56 Å². The number of aromatic nitrogens is 2. The third-order valence-corrected chi connectivity index (χ3v) is 2.38. The first kappa shape index (κ1) is 12.3. The molecule has 7 heteroatoms. The van der Waals surface area contributed by atoms with Gasteiger partial charge in [-0.2, -0.15) is 5.10 Å². The Kier molecular flexibility index (Phi) is 4.06. The molecule has 6 nitrogen and oxygen atoms in total. The number of hydrazine groups is 1. The maximum Gasteiger partial charge on any atom is 0.176 e. The normalized spacial score (nSPS) is 10.6. The van der Waals surface area contributed by atoms with Crippen molar-refractivity contribution in [1.29, 1.82) is 0 Å². The van der Waals surface area contributed by atoms with Gasteiger partial charge in [0.05, 0.1) is 11.9 Å². The molecule has 0 spiro atoms. The Bertz CT molecular complexity index is 542. The molecule has 0 aliphatic heterocycles. The Morgan fingerprint density at radius 1 is 1.22 bits per heavy atom. The second-order valence-electron chi connectivity index (χ2n) is 3.36. The average molecular weight is 263 g/mol. The molecule has 1 aromatic heterocycles. The summed E-state index contributed by atoms with van der Waals surface area (Å²) in [5, 5.41) is 11.8. The second kappa shape index (κ2) is 5.95. The molecule has 0 atom stereocenters. The van der Waals surface area contributed by atoms with Gasteiger partial charge in [0.1, 0.15) is 0 Å². The monoisotopic (exact) mass is 262 g/mol. The smallest absolute Gasteiger partial charge is 0.176 e. The van der Waals surface area contributed by atoms with E-state index in [9.17, 15) is 0 Å². The van der Waals surface area contributed by atoms with Crippen molar-refractivity contribution in [2.75, 3.05) is 10.9 Å². The van der Waals surface area contributed by atoms with E-state index in [1.165, 1.54) is 0 Å². The van der Waals surface area contributed by atoms with Gasteiger partial charge in [0, 0.05) is 6.07 Å². The number of anilines is 2. The van der Waals surface area contributed by atoms with Gasteiger partial charge < -0.3 is 5.43 Å². The number of halogens is 1. The summed E-state index contributed by atoms with van der Waals surface area (Å²) in [6.07, 6.45) is 1.67. The van der Waals surface area contributed by atoms with Crippen molar-refractivity contribution >= 4 is 29.3 Å². The molecule has 18 heavy (non-hydrogen) atoms. The second-order valence-corrected chi connectivity index (χ2v) is 3.72. The first-order valence-corrected chi connectivity index (χ1v) is 5.51. The van der Waals surface area contributed by atoms with Gasteiger partial charge in [-0.25, -0.2) is 0 Å². The van der Waals surface area contributed by atoms with Gasteiger partial charge >= 0.3 is 0 Å². The molecular formula is C11H11ClN6. The molecule has 0 aliphatic rings. The number of hydrogen-bond donors (Lipinski definition) is 3. The highest BCUT2D eigenvalue weighted by molar-refractivity contribution is 6.31. The van der Waals surface area contributed by atoms with Gasteiger partial charge in [0.15, 0.2) is 11.0 Å². The Hall–Kier alpha value is -2.18. The number of rotatable bonds is 4. The highest BCUT2D eigenvalue weighted by Gasteiger charge is 2.02. The standard InChI is InChI=1S/C11H11ClN6/c12-11-9(15-13)6-10(17-18-11)16-14-7-8-4-2-1-3-5-8/h1-7H,13H2,(H2,15,16,17). The Balaban J connectivity index is 2.04. The summed E-state index contributed by atoms with van der Waals surface area (Å²) >= 11 is 5.74. The molecule has 2 aromatic rings. The lowest BCUT2D eigenvalue weighted by atomic mass is 10.2. The summed E-state index contributed by atoms with van der Waals surface area (Å²) in [5.41, 5.74) is 6.61. The molecule has 0 unspecified atom stereocenters. The van der Waals surface area contributed by atoms with Crippen LogP contribution in [0.4, 0.5) is 11.5 Å². The van der Waals surface area contributed by atoms with Gasteiger partial charge in [0.2, 0.25) is 0 Å². The molecule has 92 valence electrons. The number of hydrazone groups is 1. The molecule has 4 N–H and O–H groups in total. The van der Waals surface area contributed by atoms with Crippen LogP contribution in [0.25, 0.3) is 0 Å². The molecule has 1 aromatic carbocycles. The Labute approximate surface area is 109 Å². The topological polar surface area (TPSA) is 88.2 Å². The third kappa shape index (κ3) is 3.16. The quantitative estimate of drug-likeness (QED) is 0.445. The third-order valence-electron chi connectivity index (χ3n) is 2.10. The van der Waals surface area contributed by atoms with Crippen molar-refractivity contribution in [2.24, 2.45) is 10.9 Å². The Morgan fingerprint density at radius 2 is 2.00 bits per heavy atom. The fourth-order valence-electron chi connectivity index (χ4n) is 1.24. The van der Waals surface area contributed by atoms with E-state index in [1.807, 2.05) is 30.3 Å². The highest BCUT2D eigenvalue weighted by Crippen LogP contribution is 2.19. The van der Waals surface area contributed by atoms with Crippen molar-refractivity contribution in [3.05, 3.63) is 47.1 Å². The number of nitrogens with zero attached hydrogens (tertiary/aromatic N) is 3. The summed E-state index contributed by atoms with van der Waals surface area (Å²) in [6, 6.07) is 11.3. The predicted molar refractivity (Wildman–Crippen MR) is 72.5 cm³/mol. The summed E-state index contributed by atoms with van der Waals surface area (Å²) < 4.78 is 0. The largest absolute Gasteiger partial charge is 0.321 e. The zero-order chi connectivity index (χ0) is 12.8. The van der Waals surface area contributed by atoms with Crippen LogP contribution in [0.5, 0.6) is 0 Å². The van der Waals surface area contributed by atoms with Crippen molar-refractivity contribution in [3.63, 3.8) is 0 Å². The van der Waals surface area contributed by atoms with E-state index in [1.54, 1.807) is 12.3 Å². The van der Waals surface area contributed by atoms with Crippen LogP contribution in [-0.4, -0.2) is 16.4 Å². The number of nitrogen functional groups attached to an aromatic ring is 1. The van der Waals surface area contributed by atoms with Crippen LogP contribution in [0, 0.1) is 0 Å². The van der Waals surface area contributed by atoms with E-state index < -0.39 is 0 Å². The van der Waals surface area contributed by atoms with Crippen molar-refractivity contribution < 1.29 is 0 Å². The lowest BCUT2D eigenvalue weighted by Gasteiger charge is -2.03. The van der Waals surface area contributed by atoms with Gasteiger partial charge in [-0.1, -0.05) is 41.9 Å². The SMILES string of the molecule is NNc1cc(NN=Cc2ccccc2)nnc1Cl. The summed E-state index contributed by atoms with van der Waals surface area (Å²) in [7, 11) is 0. The number of nitrogens with two attached hydrogens (primary N) is 1. The molecule has 0 bridgehead atoms. The lowest BCUT2D eigenvalue weighted by Crippen LogP contribution is -2.09. The van der Waals surface area contributed by atoms with Crippen LogP contribution < -0.4 is 16.7 Å². The summed E-state index contributed by atoms with van der Waals surface area (Å²) in [4.78, 5) is 0. The maximum absolute atomic E-state index is 5.74. The van der Waals surface area contributed by atoms with Gasteiger partial charge in [-0.15, -0.1) is 10.2 Å². The molecular weight excluding hydrogens is 252 g/mol. The number of nitrogens with one attached hydrogen (secondary N) is 2. The molecule has 0 saturated heterocycles. The Morgan fingerprint density at radius 3 is 2.72 bits per heavy atom. The predicted octanol–water partition coefficient (Wildman–Crippen LogP) is 1.86. The van der Waals surface area contributed by atoms with Crippen LogP contribution >= 0.6 is 11.6 Å². The van der Waals surface area contributed by atoms with E-state index in [-0.39, 0.29) is 5.15 Å². The van der Waals surface area contributed by atoms with E-state index in [4.69, 9.17) is 17.4 Å². The van der Waals surface area contributed by atoms with Crippen molar-refractivity contribution in [1.82, 2.24) is 10.2 Å². The molecule has 1 heterocycles. The van der Waals surface area contributed by atoms with Gasteiger partial charge in [0.25, 0.3) is 0 Å². The average Bonchev–Trinajstić information content (AvgIpc) is 2.42. The van der Waals surface area contributed by atoms with E-state index >= 15 is 0 Å². The lowest BCUT2D eigenvalue weighted by molar-refractivity contribution is 1.02. The maximum atomic E-state index is 5.74. The minimum absolute atomic E-state index is 0.204. The first-order valence-electron chi connectivity index (χ1n) is 5.13. The van der Waals surface area contributed by atoms with Crippen LogP contribution in [0.15, 0.2) is 41.5 Å². The van der Waals surface area contributed by atoms with Crippen molar-refractivity contribution in [3.8, 4) is 0 Å². The van der Waals surface area contributed by atoms with Crippen LogP contribution in [0.3, 0.4) is 0 Å². The molecule has 0 radical (unpaired) electrons. The van der Waals surface area contributed by atoms with E-state index in [0.29, 0.717) is 11.5 Å². The zero-order valence-corrected chi connectivity index (χ0v) is 10.1. The molecule has 0 amide bonds. The molecule has 2 rings (SSSR count). The fourth-order valence-corrected chi connectivity index (χ4v) is 1.39. The highest BCUT2D eigenvalue weighted by atomic mass is 35.5. The fraction of sp³-hybridized carbons (Fsp3) is 0. The molecule has 0 fully saturated rings. The van der Waals surface area contributed by atoms with Crippen molar-refractivity contribution in [2.45, 2.75) is 0 Å². The van der Waals surface area contributed by atoms with Gasteiger partial charge in [-0.3, -0.25) is 11.3 Å². The minimum Gasteiger partial charge on any atom is -0.321 e. The first-order chi connectivity index (χ1) is 8.79.